The minimum absolute atomic E-state index is 0.0343. The van der Waals surface area contributed by atoms with E-state index < -0.39 is 17.7 Å². The number of para-hydroxylation sites is 1. The second kappa shape index (κ2) is 7.87. The average Bonchev–Trinajstić information content (AvgIpc) is 3.30. The first-order valence-electron chi connectivity index (χ1n) is 9.38. The van der Waals surface area contributed by atoms with Crippen molar-refractivity contribution in [3.8, 4) is 5.75 Å². The number of likely N-dealkylation sites (tertiary alicyclic amines) is 1. The van der Waals surface area contributed by atoms with Crippen LogP contribution in [0.5, 0.6) is 5.75 Å². The van der Waals surface area contributed by atoms with Crippen molar-refractivity contribution in [2.75, 3.05) is 7.11 Å². The molecule has 152 valence electrons. The number of hydrogen-bond donors (Lipinski definition) is 1. The summed E-state index contributed by atoms with van der Waals surface area (Å²) in [6.07, 6.45) is 3.24. The topological polar surface area (TPSA) is 92.9 Å². The number of Topliss-reactive ketones (excluding diaryl/α,β-unsaturated/α-hetero) is 1. The van der Waals surface area contributed by atoms with E-state index in [0.717, 1.165) is 5.56 Å². The van der Waals surface area contributed by atoms with Gasteiger partial charge in [-0.2, -0.15) is 0 Å². The van der Waals surface area contributed by atoms with Gasteiger partial charge in [0.25, 0.3) is 11.7 Å². The van der Waals surface area contributed by atoms with Crippen LogP contribution in [0.2, 0.25) is 0 Å². The zero-order valence-electron chi connectivity index (χ0n) is 16.5. The first kappa shape index (κ1) is 19.4. The molecule has 1 unspecified atom stereocenters. The predicted octanol–water partition coefficient (Wildman–Crippen LogP) is 3.61. The maximum atomic E-state index is 13.0. The lowest BCUT2D eigenvalue weighted by Gasteiger charge is -2.23. The van der Waals surface area contributed by atoms with Gasteiger partial charge in [0.2, 0.25) is 0 Å². The highest BCUT2D eigenvalue weighted by Gasteiger charge is 2.47. The highest BCUT2D eigenvalue weighted by atomic mass is 16.5. The summed E-state index contributed by atoms with van der Waals surface area (Å²) in [4.78, 5) is 31.3. The van der Waals surface area contributed by atoms with Gasteiger partial charge in [0.05, 0.1) is 18.2 Å². The van der Waals surface area contributed by atoms with Crippen molar-refractivity contribution in [1.29, 1.82) is 0 Å². The zero-order valence-corrected chi connectivity index (χ0v) is 16.5. The molecule has 1 amide bonds. The van der Waals surface area contributed by atoms with E-state index in [-0.39, 0.29) is 17.9 Å². The number of nitrogens with zero attached hydrogens (tertiary/aromatic N) is 2. The van der Waals surface area contributed by atoms with E-state index in [4.69, 9.17) is 9.15 Å². The Morgan fingerprint density at radius 1 is 1.13 bits per heavy atom. The molecule has 7 nitrogen and oxygen atoms in total. The number of furan rings is 1. The highest BCUT2D eigenvalue weighted by molar-refractivity contribution is 6.46. The first-order valence-corrected chi connectivity index (χ1v) is 9.38. The first-order chi connectivity index (χ1) is 14.5. The second-order valence-electron chi connectivity index (χ2n) is 6.93. The molecule has 0 saturated carbocycles. The number of ether oxygens (including phenoxy) is 1. The van der Waals surface area contributed by atoms with Crippen LogP contribution < -0.4 is 4.74 Å². The molecule has 0 radical (unpaired) electrons. The fraction of sp³-hybridized carbons (Fsp3) is 0.174. The van der Waals surface area contributed by atoms with Gasteiger partial charge in [-0.3, -0.25) is 14.6 Å². The summed E-state index contributed by atoms with van der Waals surface area (Å²) in [5.74, 6) is -0.352. The molecule has 3 aromatic rings. The molecule has 1 aromatic carbocycles. The Bertz CT molecular complexity index is 1130. The van der Waals surface area contributed by atoms with Gasteiger partial charge >= 0.3 is 0 Å². The van der Waals surface area contributed by atoms with Gasteiger partial charge in [0.15, 0.2) is 0 Å². The fourth-order valence-electron chi connectivity index (χ4n) is 3.61. The number of ketones is 1. The van der Waals surface area contributed by atoms with Gasteiger partial charge in [-0.25, -0.2) is 0 Å². The third-order valence-corrected chi connectivity index (χ3v) is 5.03. The number of rotatable bonds is 5. The smallest absolute Gasteiger partial charge is 0.296 e. The third kappa shape index (κ3) is 3.34. The second-order valence-corrected chi connectivity index (χ2v) is 6.93. The Hall–Kier alpha value is -3.87. The Kier molecular flexibility index (Phi) is 5.10. The number of methoxy groups -OCH3 is 1. The van der Waals surface area contributed by atoms with Gasteiger partial charge in [0.1, 0.15) is 29.1 Å². The van der Waals surface area contributed by atoms with Crippen molar-refractivity contribution < 1.29 is 23.8 Å². The summed E-state index contributed by atoms with van der Waals surface area (Å²) < 4.78 is 11.1. The number of carbonyl (C=O) groups is 2. The lowest BCUT2D eigenvalue weighted by molar-refractivity contribution is -0.140. The number of hydrogen-bond acceptors (Lipinski definition) is 6. The molecule has 4 rings (SSSR count). The van der Waals surface area contributed by atoms with Crippen molar-refractivity contribution in [3.63, 3.8) is 0 Å². The Morgan fingerprint density at radius 3 is 2.53 bits per heavy atom. The average molecular weight is 404 g/mol. The van der Waals surface area contributed by atoms with Gasteiger partial charge < -0.3 is 19.2 Å². The molecule has 1 aliphatic heterocycles. The molecule has 1 aliphatic rings. The maximum Gasteiger partial charge on any atom is 0.296 e. The number of aliphatic hydroxyl groups is 1. The molecule has 30 heavy (non-hydrogen) atoms. The number of carbonyl (C=O) groups excluding carboxylic acids is 2. The molecule has 3 heterocycles. The van der Waals surface area contributed by atoms with Gasteiger partial charge in [-0.1, -0.05) is 12.1 Å². The summed E-state index contributed by atoms with van der Waals surface area (Å²) in [6.45, 7) is 1.94. The summed E-state index contributed by atoms with van der Waals surface area (Å²) in [5.41, 5.74) is 1.10. The molecule has 0 aliphatic carbocycles. The standard InChI is InChI=1S/C23H20N2O5/c1-14-7-8-18(30-14)20-19(21(26)16-5-3-4-6-17(16)29-2)22(27)23(28)25(20)13-15-9-11-24-12-10-15/h3-12,20,26H,13H2,1-2H3/b21-19-. The van der Waals surface area contributed by atoms with Crippen LogP contribution in [0.1, 0.15) is 28.7 Å². The van der Waals surface area contributed by atoms with Crippen LogP contribution in [-0.4, -0.2) is 33.8 Å². The number of pyridine rings is 1. The van der Waals surface area contributed by atoms with Crippen LogP contribution in [0, 0.1) is 6.92 Å². The van der Waals surface area contributed by atoms with Crippen LogP contribution in [-0.2, 0) is 16.1 Å². The molecule has 0 bridgehead atoms. The molecule has 1 atom stereocenters. The van der Waals surface area contributed by atoms with Gasteiger partial charge in [-0.15, -0.1) is 0 Å². The predicted molar refractivity (Wildman–Crippen MR) is 109 cm³/mol. The van der Waals surface area contributed by atoms with E-state index in [1.54, 1.807) is 67.8 Å². The van der Waals surface area contributed by atoms with Crippen molar-refractivity contribution in [1.82, 2.24) is 9.88 Å². The van der Waals surface area contributed by atoms with E-state index >= 15 is 0 Å². The van der Waals surface area contributed by atoms with E-state index in [1.807, 2.05) is 0 Å². The quantitative estimate of drug-likeness (QED) is 0.397. The molecular formula is C23H20N2O5. The molecule has 1 saturated heterocycles. The molecular weight excluding hydrogens is 384 g/mol. The lowest BCUT2D eigenvalue weighted by atomic mass is 9.98. The summed E-state index contributed by atoms with van der Waals surface area (Å²) in [6, 6.07) is 12.9. The Labute approximate surface area is 173 Å². The van der Waals surface area contributed by atoms with E-state index in [1.165, 1.54) is 12.0 Å². The SMILES string of the molecule is COc1ccccc1/C(O)=C1/C(=O)C(=O)N(Cc2ccncc2)C1c1ccc(C)o1. The maximum absolute atomic E-state index is 13.0. The highest BCUT2D eigenvalue weighted by Crippen LogP contribution is 2.42. The number of aryl methyl sites for hydroxylation is 1. The van der Waals surface area contributed by atoms with Crippen molar-refractivity contribution in [2.45, 2.75) is 19.5 Å². The Balaban J connectivity index is 1.88. The van der Waals surface area contributed by atoms with Crippen LogP contribution in [0.3, 0.4) is 0 Å². The number of aromatic nitrogens is 1. The summed E-state index contributed by atoms with van der Waals surface area (Å²) in [7, 11) is 1.47. The lowest BCUT2D eigenvalue weighted by Crippen LogP contribution is -2.29. The van der Waals surface area contributed by atoms with Gasteiger partial charge in [0, 0.05) is 18.9 Å². The normalized spacial score (nSPS) is 18.1. The molecule has 0 spiro atoms. The largest absolute Gasteiger partial charge is 0.507 e. The van der Waals surface area contributed by atoms with Crippen molar-refractivity contribution in [3.05, 3.63) is 89.1 Å². The number of aliphatic hydroxyl groups excluding tert-OH is 1. The molecule has 1 N–H and O–H groups in total. The van der Waals surface area contributed by atoms with E-state index in [2.05, 4.69) is 4.98 Å². The third-order valence-electron chi connectivity index (χ3n) is 5.03. The molecule has 2 aromatic heterocycles. The van der Waals surface area contributed by atoms with Crippen LogP contribution >= 0.6 is 0 Å². The van der Waals surface area contributed by atoms with Gasteiger partial charge in [-0.05, 0) is 48.9 Å². The molecule has 1 fully saturated rings. The Morgan fingerprint density at radius 2 is 1.87 bits per heavy atom. The van der Waals surface area contributed by atoms with Crippen LogP contribution in [0.15, 0.2) is 70.9 Å². The van der Waals surface area contributed by atoms with E-state index in [0.29, 0.717) is 22.8 Å². The van der Waals surface area contributed by atoms with E-state index in [9.17, 15) is 14.7 Å². The zero-order chi connectivity index (χ0) is 21.3. The van der Waals surface area contributed by atoms with Crippen molar-refractivity contribution >= 4 is 17.4 Å². The fourth-order valence-corrected chi connectivity index (χ4v) is 3.61. The number of amides is 1. The monoisotopic (exact) mass is 404 g/mol. The minimum atomic E-state index is -0.864. The minimum Gasteiger partial charge on any atom is -0.507 e. The summed E-state index contributed by atoms with van der Waals surface area (Å²) in [5, 5.41) is 11.1. The van der Waals surface area contributed by atoms with Crippen molar-refractivity contribution in [2.24, 2.45) is 0 Å². The van der Waals surface area contributed by atoms with Crippen LogP contribution in [0.4, 0.5) is 0 Å². The molecule has 7 heteroatoms. The summed E-state index contributed by atoms with van der Waals surface area (Å²) >= 11 is 0. The number of benzene rings is 1. The van der Waals surface area contributed by atoms with Crippen LogP contribution in [0.25, 0.3) is 5.76 Å².